The molecule has 3 aromatic rings. The third kappa shape index (κ3) is 5.58. The lowest BCUT2D eigenvalue weighted by Gasteiger charge is -2.40. The number of ether oxygens (including phenoxy) is 1. The maximum Gasteiger partial charge on any atom is 0.156 e. The Morgan fingerprint density at radius 3 is 2.48 bits per heavy atom. The van der Waals surface area contributed by atoms with Crippen LogP contribution in [0.5, 0.6) is 0 Å². The summed E-state index contributed by atoms with van der Waals surface area (Å²) in [6.07, 6.45) is 6.30. The van der Waals surface area contributed by atoms with Crippen LogP contribution in [0.4, 0.5) is 17.5 Å². The van der Waals surface area contributed by atoms with Gasteiger partial charge in [0, 0.05) is 50.0 Å². The third-order valence-electron chi connectivity index (χ3n) is 6.27. The molecule has 172 valence electrons. The fraction of sp³-hybridized carbons (Fsp3) is 0.400. The first kappa shape index (κ1) is 21.6. The van der Waals surface area contributed by atoms with Gasteiger partial charge >= 0.3 is 0 Å². The molecule has 33 heavy (non-hydrogen) atoms. The minimum atomic E-state index is 0.633. The smallest absolute Gasteiger partial charge is 0.156 e. The first-order valence-corrected chi connectivity index (χ1v) is 11.7. The summed E-state index contributed by atoms with van der Waals surface area (Å²) in [6.45, 7) is 7.75. The summed E-state index contributed by atoms with van der Waals surface area (Å²) >= 11 is 0. The summed E-state index contributed by atoms with van der Waals surface area (Å²) in [5.74, 6) is 3.13. The van der Waals surface area contributed by atoms with E-state index in [1.54, 1.807) is 0 Å². The van der Waals surface area contributed by atoms with Gasteiger partial charge in [-0.3, -0.25) is 10.00 Å². The van der Waals surface area contributed by atoms with Gasteiger partial charge in [0.2, 0.25) is 0 Å². The Morgan fingerprint density at radius 2 is 1.76 bits per heavy atom. The summed E-state index contributed by atoms with van der Waals surface area (Å²) in [5, 5.41) is 10.6. The first-order chi connectivity index (χ1) is 16.2. The Bertz CT molecular complexity index is 1070. The second kappa shape index (κ2) is 10.1. The van der Waals surface area contributed by atoms with Crippen LogP contribution in [0.25, 0.3) is 12.2 Å². The predicted octanol–water partition coefficient (Wildman–Crippen LogP) is 3.72. The number of nitrogens with zero attached hydrogens (tertiary/aromatic N) is 5. The molecule has 8 heteroatoms. The number of hydrogen-bond donors (Lipinski definition) is 2. The number of nitrogens with one attached hydrogen (secondary N) is 2. The quantitative estimate of drug-likeness (QED) is 0.598. The van der Waals surface area contributed by atoms with Crippen LogP contribution in [-0.4, -0.2) is 70.5 Å². The van der Waals surface area contributed by atoms with Crippen molar-refractivity contribution in [3.63, 3.8) is 0 Å². The van der Waals surface area contributed by atoms with Crippen LogP contribution in [0.2, 0.25) is 0 Å². The number of aromatic amines is 1. The fourth-order valence-electron chi connectivity index (χ4n) is 4.50. The molecule has 8 nitrogen and oxygen atoms in total. The Hall–Kier alpha value is -3.23. The second-order valence-corrected chi connectivity index (χ2v) is 8.64. The van der Waals surface area contributed by atoms with Crippen LogP contribution in [0.3, 0.4) is 0 Å². The van der Waals surface area contributed by atoms with E-state index in [2.05, 4.69) is 37.4 Å². The Balaban J connectivity index is 1.35. The molecule has 0 amide bonds. The lowest BCUT2D eigenvalue weighted by atomic mass is 10.0. The number of hydrogen-bond acceptors (Lipinski definition) is 7. The molecule has 2 N–H and O–H groups in total. The molecule has 2 saturated heterocycles. The van der Waals surface area contributed by atoms with E-state index in [0.717, 1.165) is 80.9 Å². The zero-order chi connectivity index (χ0) is 22.5. The van der Waals surface area contributed by atoms with Gasteiger partial charge in [-0.05, 0) is 31.4 Å². The molecule has 2 aromatic heterocycles. The number of aryl methyl sites for hydroxylation is 1. The number of aromatic nitrogens is 4. The standard InChI is InChI=1S/C25H31N7O/c1-19-17-24(30-29-19)27-23-18-25(28-22(26-23)8-7-20-5-3-2-4-6-20)32-11-9-21(10-12-32)31-13-15-33-16-14-31/h2-8,17-18,21H,9-16H2,1H3,(H2,26,27,28,29,30)/b8-7+. The van der Waals surface area contributed by atoms with Gasteiger partial charge in [0.05, 0.1) is 13.2 Å². The number of anilines is 3. The van der Waals surface area contributed by atoms with Crippen LogP contribution in [-0.2, 0) is 4.74 Å². The van der Waals surface area contributed by atoms with Gasteiger partial charge in [0.15, 0.2) is 11.6 Å². The average molecular weight is 446 g/mol. The molecular formula is C25H31N7O. The van der Waals surface area contributed by atoms with Crippen LogP contribution < -0.4 is 10.2 Å². The van der Waals surface area contributed by atoms with Gasteiger partial charge < -0.3 is 15.0 Å². The van der Waals surface area contributed by atoms with E-state index < -0.39 is 0 Å². The number of piperidine rings is 1. The SMILES string of the molecule is Cc1cc(Nc2cc(N3CCC(N4CCOCC4)CC3)nc(/C=C/c3ccccc3)n2)n[nH]1. The molecule has 0 unspecified atom stereocenters. The number of benzene rings is 1. The largest absolute Gasteiger partial charge is 0.379 e. The highest BCUT2D eigenvalue weighted by Gasteiger charge is 2.26. The predicted molar refractivity (Wildman–Crippen MR) is 132 cm³/mol. The van der Waals surface area contributed by atoms with Gasteiger partial charge in [-0.2, -0.15) is 5.10 Å². The molecular weight excluding hydrogens is 414 g/mol. The minimum Gasteiger partial charge on any atom is -0.379 e. The molecule has 0 aliphatic carbocycles. The molecule has 2 aliphatic heterocycles. The summed E-state index contributed by atoms with van der Waals surface area (Å²) < 4.78 is 5.52. The van der Waals surface area contributed by atoms with Crippen molar-refractivity contribution in [2.24, 2.45) is 0 Å². The Labute approximate surface area is 194 Å². The highest BCUT2D eigenvalue weighted by atomic mass is 16.5. The third-order valence-corrected chi connectivity index (χ3v) is 6.27. The van der Waals surface area contributed by atoms with E-state index >= 15 is 0 Å². The minimum absolute atomic E-state index is 0.633. The summed E-state index contributed by atoms with van der Waals surface area (Å²) in [7, 11) is 0. The summed E-state index contributed by atoms with van der Waals surface area (Å²) in [5.41, 5.74) is 2.12. The highest BCUT2D eigenvalue weighted by molar-refractivity contribution is 5.69. The van der Waals surface area contributed by atoms with Crippen LogP contribution in [0.1, 0.15) is 29.9 Å². The maximum absolute atomic E-state index is 5.52. The van der Waals surface area contributed by atoms with E-state index in [4.69, 9.17) is 14.7 Å². The molecule has 4 heterocycles. The monoisotopic (exact) mass is 445 g/mol. The van der Waals surface area contributed by atoms with Gasteiger partial charge in [-0.1, -0.05) is 36.4 Å². The van der Waals surface area contributed by atoms with E-state index in [1.165, 1.54) is 0 Å². The zero-order valence-electron chi connectivity index (χ0n) is 19.1. The molecule has 2 fully saturated rings. The molecule has 0 spiro atoms. The maximum atomic E-state index is 5.52. The average Bonchev–Trinajstić information content (AvgIpc) is 3.28. The normalized spacial score (nSPS) is 18.2. The molecule has 0 bridgehead atoms. The van der Waals surface area contributed by atoms with Crippen molar-refractivity contribution in [1.82, 2.24) is 25.1 Å². The molecule has 0 radical (unpaired) electrons. The van der Waals surface area contributed by atoms with Crippen molar-refractivity contribution < 1.29 is 4.74 Å². The van der Waals surface area contributed by atoms with Crippen LogP contribution in [0.15, 0.2) is 42.5 Å². The van der Waals surface area contributed by atoms with Gasteiger partial charge in [0.25, 0.3) is 0 Å². The van der Waals surface area contributed by atoms with Crippen molar-refractivity contribution in [1.29, 1.82) is 0 Å². The van der Waals surface area contributed by atoms with Crippen molar-refractivity contribution >= 4 is 29.6 Å². The van der Waals surface area contributed by atoms with E-state index in [-0.39, 0.29) is 0 Å². The van der Waals surface area contributed by atoms with E-state index in [9.17, 15) is 0 Å². The number of rotatable bonds is 6. The zero-order valence-corrected chi connectivity index (χ0v) is 19.1. The van der Waals surface area contributed by atoms with E-state index in [1.807, 2.05) is 49.4 Å². The van der Waals surface area contributed by atoms with Crippen molar-refractivity contribution in [3.8, 4) is 0 Å². The van der Waals surface area contributed by atoms with Gasteiger partial charge in [-0.25, -0.2) is 9.97 Å². The second-order valence-electron chi connectivity index (χ2n) is 8.64. The molecule has 0 atom stereocenters. The lowest BCUT2D eigenvalue weighted by molar-refractivity contribution is 0.0115. The Morgan fingerprint density at radius 1 is 0.970 bits per heavy atom. The van der Waals surface area contributed by atoms with Crippen molar-refractivity contribution in [2.75, 3.05) is 49.6 Å². The molecule has 1 aromatic carbocycles. The highest BCUT2D eigenvalue weighted by Crippen LogP contribution is 2.25. The molecule has 0 saturated carbocycles. The lowest BCUT2D eigenvalue weighted by Crippen LogP contribution is -2.49. The van der Waals surface area contributed by atoms with Crippen LogP contribution in [0, 0.1) is 6.92 Å². The summed E-state index contributed by atoms with van der Waals surface area (Å²) in [4.78, 5) is 14.6. The number of morpholine rings is 1. The topological polar surface area (TPSA) is 82.2 Å². The first-order valence-electron chi connectivity index (χ1n) is 11.7. The van der Waals surface area contributed by atoms with Crippen molar-refractivity contribution in [2.45, 2.75) is 25.8 Å². The number of H-pyrrole nitrogens is 1. The Kier molecular flexibility index (Phi) is 6.64. The fourth-order valence-corrected chi connectivity index (χ4v) is 4.50. The molecule has 2 aliphatic rings. The van der Waals surface area contributed by atoms with Crippen molar-refractivity contribution in [3.05, 3.63) is 59.5 Å². The van der Waals surface area contributed by atoms with Gasteiger partial charge in [-0.15, -0.1) is 0 Å². The van der Waals surface area contributed by atoms with Gasteiger partial charge in [0.1, 0.15) is 11.6 Å². The molecule has 5 rings (SSSR count). The van der Waals surface area contributed by atoms with Crippen LogP contribution >= 0.6 is 0 Å². The van der Waals surface area contributed by atoms with E-state index in [0.29, 0.717) is 11.9 Å². The summed E-state index contributed by atoms with van der Waals surface area (Å²) in [6, 6.07) is 14.8.